The average molecular weight is 560 g/mol. The Kier molecular flexibility index (Phi) is 5.41. The lowest BCUT2D eigenvalue weighted by Crippen LogP contribution is -2.40. The molecule has 4 fully saturated rings. The fourth-order valence-electron chi connectivity index (χ4n) is 8.27. The Labute approximate surface area is 239 Å². The van der Waals surface area contributed by atoms with E-state index in [9.17, 15) is 4.79 Å². The first-order chi connectivity index (χ1) is 19.4. The molecule has 1 N–H and O–H groups in total. The third-order valence-electron chi connectivity index (χ3n) is 10.5. The third-order valence-corrected chi connectivity index (χ3v) is 11.2. The maximum atomic E-state index is 13.4. The summed E-state index contributed by atoms with van der Waals surface area (Å²) in [6, 6.07) is 7.61. The highest BCUT2D eigenvalue weighted by molar-refractivity contribution is 7.97. The van der Waals surface area contributed by atoms with Gasteiger partial charge in [-0.3, -0.25) is 14.2 Å². The van der Waals surface area contributed by atoms with Gasteiger partial charge in [0, 0.05) is 49.0 Å². The molecule has 3 saturated carbocycles. The van der Waals surface area contributed by atoms with Crippen LogP contribution in [0.4, 0.5) is 5.82 Å². The number of carbonyl (C=O) groups excluding carboxylic acids is 1. The molecule has 9 nitrogen and oxygen atoms in total. The minimum Gasteiger partial charge on any atom is -0.477 e. The molecule has 0 aromatic carbocycles. The van der Waals surface area contributed by atoms with Gasteiger partial charge in [0.2, 0.25) is 5.88 Å². The summed E-state index contributed by atoms with van der Waals surface area (Å²) in [7, 11) is 0. The number of nitrogens with zero attached hydrogens (tertiary/aromatic N) is 6. The predicted molar refractivity (Wildman–Crippen MR) is 153 cm³/mol. The van der Waals surface area contributed by atoms with E-state index in [4.69, 9.17) is 14.8 Å². The number of rotatable bonds is 5. The minimum absolute atomic E-state index is 0.115. The molecule has 2 aliphatic heterocycles. The van der Waals surface area contributed by atoms with Gasteiger partial charge in [-0.15, -0.1) is 5.10 Å². The van der Waals surface area contributed by atoms with Crippen LogP contribution >= 0.6 is 11.9 Å². The lowest BCUT2D eigenvalue weighted by atomic mass is 9.93. The van der Waals surface area contributed by atoms with Crippen molar-refractivity contribution in [2.75, 3.05) is 18.1 Å². The normalized spacial score (nSPS) is 25.4. The summed E-state index contributed by atoms with van der Waals surface area (Å²) in [4.78, 5) is 20.8. The van der Waals surface area contributed by atoms with Gasteiger partial charge >= 0.3 is 0 Å². The first kappa shape index (κ1) is 24.8. The molecule has 3 aromatic rings. The van der Waals surface area contributed by atoms with Crippen molar-refractivity contribution in [3.8, 4) is 11.7 Å². The highest BCUT2D eigenvalue weighted by Gasteiger charge is 2.85. The van der Waals surface area contributed by atoms with E-state index >= 15 is 0 Å². The Balaban J connectivity index is 1.04. The molecule has 5 heterocycles. The number of aryl methyl sites for hydroxylation is 1. The van der Waals surface area contributed by atoms with Gasteiger partial charge in [0.1, 0.15) is 10.8 Å². The highest BCUT2D eigenvalue weighted by atomic mass is 32.2. The van der Waals surface area contributed by atoms with Gasteiger partial charge < -0.3 is 9.64 Å². The first-order valence-electron chi connectivity index (χ1n) is 14.9. The van der Waals surface area contributed by atoms with Crippen molar-refractivity contribution >= 4 is 23.7 Å². The number of nitrogens with one attached hydrogen (secondary N) is 1. The Morgan fingerprint density at radius 1 is 1.07 bits per heavy atom. The van der Waals surface area contributed by atoms with Crippen LogP contribution in [0.3, 0.4) is 0 Å². The molecule has 2 spiro atoms. The molecule has 3 aromatic heterocycles. The molecule has 4 bridgehead atoms. The van der Waals surface area contributed by atoms with E-state index in [1.54, 1.807) is 4.68 Å². The van der Waals surface area contributed by atoms with Gasteiger partial charge in [-0.2, -0.15) is 5.10 Å². The van der Waals surface area contributed by atoms with Gasteiger partial charge in [-0.25, -0.2) is 9.67 Å². The molecule has 1 saturated heterocycles. The van der Waals surface area contributed by atoms with Crippen LogP contribution in [-0.2, 0) is 6.54 Å². The Hall–Kier alpha value is -3.01. The van der Waals surface area contributed by atoms with E-state index in [-0.39, 0.29) is 11.4 Å². The number of fused-ring (bicyclic) bond motifs is 7. The number of amides is 1. The van der Waals surface area contributed by atoms with Crippen LogP contribution < -0.4 is 14.4 Å². The monoisotopic (exact) mass is 559 g/mol. The molecule has 210 valence electrons. The number of hydrogen-bond donors (Lipinski definition) is 1. The van der Waals surface area contributed by atoms with Gasteiger partial charge in [0.15, 0.2) is 5.82 Å². The first-order valence-corrected chi connectivity index (χ1v) is 15.7. The molecular formula is C30H37N7O2S. The van der Waals surface area contributed by atoms with Crippen molar-refractivity contribution in [2.24, 2.45) is 22.7 Å². The summed E-state index contributed by atoms with van der Waals surface area (Å²) in [6.07, 6.45) is 14.0. The standard InChI is InChI=1S/C30H37N7O2S/c1-28(2)18-20-4-3-14-35-15-8-25(33-35)40-34-27(38)21-5-6-23(31-26(21)36(28)19-20)37-16-7-24(32-37)39-17-9-22-29(10-11-29)30(22)12-13-30/h5-8,15-16,20,22H,3-4,9-14,17-19H2,1-2H3,(H,34,38). The van der Waals surface area contributed by atoms with E-state index in [2.05, 4.69) is 28.6 Å². The summed E-state index contributed by atoms with van der Waals surface area (Å²) in [5.41, 5.74) is 1.88. The molecule has 40 heavy (non-hydrogen) atoms. The van der Waals surface area contributed by atoms with Crippen LogP contribution in [-0.4, -0.2) is 49.1 Å². The Morgan fingerprint density at radius 2 is 1.90 bits per heavy atom. The van der Waals surface area contributed by atoms with Crippen molar-refractivity contribution in [1.82, 2.24) is 29.3 Å². The van der Waals surface area contributed by atoms with Gasteiger partial charge in [-0.1, -0.05) is 0 Å². The molecule has 1 amide bonds. The van der Waals surface area contributed by atoms with E-state index < -0.39 is 0 Å². The van der Waals surface area contributed by atoms with Crippen molar-refractivity contribution in [3.05, 3.63) is 42.2 Å². The predicted octanol–water partition coefficient (Wildman–Crippen LogP) is 5.26. The van der Waals surface area contributed by atoms with Gasteiger partial charge in [0.05, 0.1) is 12.2 Å². The molecule has 10 heteroatoms. The molecule has 1 atom stereocenters. The van der Waals surface area contributed by atoms with Crippen molar-refractivity contribution in [1.29, 1.82) is 0 Å². The molecule has 5 aliphatic rings. The van der Waals surface area contributed by atoms with Crippen LogP contribution in [0.5, 0.6) is 5.88 Å². The topological polar surface area (TPSA) is 90.1 Å². The molecule has 1 unspecified atom stereocenters. The van der Waals surface area contributed by atoms with E-state index in [0.717, 1.165) is 56.3 Å². The van der Waals surface area contributed by atoms with Crippen LogP contribution in [0, 0.1) is 22.7 Å². The van der Waals surface area contributed by atoms with E-state index in [1.165, 1.54) is 37.6 Å². The van der Waals surface area contributed by atoms with Crippen LogP contribution in [0.15, 0.2) is 41.7 Å². The summed E-state index contributed by atoms with van der Waals surface area (Å²) >= 11 is 1.25. The molecule has 0 radical (unpaired) electrons. The fraction of sp³-hybridized carbons (Fsp3) is 0.600. The SMILES string of the molecule is CC1(C)CC2CCCn3ccc(n3)SNC(=O)c3ccc(-n4ccc(OCCC5C6(CC6)C56CC6)n4)nc3N1C2. The fourth-order valence-corrected chi connectivity index (χ4v) is 8.85. The molecule has 8 rings (SSSR count). The summed E-state index contributed by atoms with van der Waals surface area (Å²) in [5, 5.41) is 10.1. The second-order valence-corrected chi connectivity index (χ2v) is 14.1. The Morgan fingerprint density at radius 3 is 2.70 bits per heavy atom. The minimum atomic E-state index is -0.170. The zero-order valence-corrected chi connectivity index (χ0v) is 24.1. The largest absolute Gasteiger partial charge is 0.477 e. The van der Waals surface area contributed by atoms with Crippen molar-refractivity contribution < 1.29 is 9.53 Å². The average Bonchev–Trinajstić information content (AvgIpc) is 3.85. The second kappa shape index (κ2) is 8.74. The zero-order chi connectivity index (χ0) is 27.1. The summed E-state index contributed by atoms with van der Waals surface area (Å²) in [6.45, 7) is 7.00. The maximum absolute atomic E-state index is 13.4. The molecule has 3 aliphatic carbocycles. The maximum Gasteiger partial charge on any atom is 0.265 e. The summed E-state index contributed by atoms with van der Waals surface area (Å²) in [5.74, 6) is 3.26. The van der Waals surface area contributed by atoms with Crippen LogP contribution in [0.1, 0.15) is 75.6 Å². The zero-order valence-electron chi connectivity index (χ0n) is 23.3. The lowest BCUT2D eigenvalue weighted by molar-refractivity contribution is 0.0984. The second-order valence-electron chi connectivity index (χ2n) is 13.2. The number of ether oxygens (including phenoxy) is 1. The number of pyridine rings is 1. The van der Waals surface area contributed by atoms with Crippen LogP contribution in [0.2, 0.25) is 0 Å². The quantitative estimate of drug-likeness (QED) is 0.427. The number of carbonyl (C=O) groups is 1. The smallest absolute Gasteiger partial charge is 0.265 e. The number of anilines is 1. The van der Waals surface area contributed by atoms with Crippen LogP contribution in [0.25, 0.3) is 5.82 Å². The number of hydrogen-bond acceptors (Lipinski definition) is 7. The van der Waals surface area contributed by atoms with Gasteiger partial charge in [-0.05, 0) is 106 Å². The summed E-state index contributed by atoms with van der Waals surface area (Å²) < 4.78 is 12.8. The third kappa shape index (κ3) is 3.96. The number of aromatic nitrogens is 5. The van der Waals surface area contributed by atoms with E-state index in [0.29, 0.717) is 39.8 Å². The van der Waals surface area contributed by atoms with Gasteiger partial charge in [0.25, 0.3) is 5.91 Å². The lowest BCUT2D eigenvalue weighted by Gasteiger charge is -2.34. The van der Waals surface area contributed by atoms with E-state index in [1.807, 2.05) is 41.3 Å². The van der Waals surface area contributed by atoms with Crippen molar-refractivity contribution in [2.45, 2.75) is 82.3 Å². The Bertz CT molecular complexity index is 1450. The van der Waals surface area contributed by atoms with Crippen molar-refractivity contribution in [3.63, 3.8) is 0 Å². The highest BCUT2D eigenvalue weighted by Crippen LogP contribution is 2.93. The molecular weight excluding hydrogens is 522 g/mol.